The van der Waals surface area contributed by atoms with E-state index in [0.29, 0.717) is 23.6 Å². The fraction of sp³-hybridized carbons (Fsp3) is 0.636. The minimum Gasteiger partial charge on any atom is -0.363 e. The summed E-state index contributed by atoms with van der Waals surface area (Å²) in [5.74, 6) is -3.31. The van der Waals surface area contributed by atoms with Crippen LogP contribution >= 0.6 is 11.6 Å². The van der Waals surface area contributed by atoms with Gasteiger partial charge >= 0.3 is 6.03 Å². The normalized spacial score (nSPS) is 23.8. The first-order valence-corrected chi connectivity index (χ1v) is 16.0. The minimum atomic E-state index is -1.11. The van der Waals surface area contributed by atoms with E-state index in [1.54, 1.807) is 24.3 Å². The molecule has 3 aliphatic rings. The highest BCUT2D eigenvalue weighted by atomic mass is 35.5. The Kier molecular flexibility index (Phi) is 9.73. The monoisotopic (exact) mass is 643 g/mol. The van der Waals surface area contributed by atoms with Crippen LogP contribution in [0.3, 0.4) is 0 Å². The molecule has 1 heterocycles. The summed E-state index contributed by atoms with van der Waals surface area (Å²) < 4.78 is 0. The summed E-state index contributed by atoms with van der Waals surface area (Å²) in [6, 6.07) is 1.87. The van der Waals surface area contributed by atoms with Crippen molar-refractivity contribution in [3.05, 3.63) is 34.9 Å². The second-order valence-electron chi connectivity index (χ2n) is 14.9. The predicted molar refractivity (Wildman–Crippen MR) is 169 cm³/mol. The molecule has 246 valence electrons. The van der Waals surface area contributed by atoms with Crippen LogP contribution in [0.2, 0.25) is 5.02 Å². The number of halogens is 1. The van der Waals surface area contributed by atoms with Crippen LogP contribution in [0.15, 0.2) is 24.3 Å². The topological polar surface area (TPSA) is 168 Å². The number of primary amides is 1. The van der Waals surface area contributed by atoms with E-state index in [-0.39, 0.29) is 34.9 Å². The molecule has 3 fully saturated rings. The first kappa shape index (κ1) is 34.4. The van der Waals surface area contributed by atoms with Crippen LogP contribution in [0.4, 0.5) is 4.79 Å². The maximum absolute atomic E-state index is 14.2. The Morgan fingerprint density at radius 3 is 2.11 bits per heavy atom. The van der Waals surface area contributed by atoms with E-state index in [0.717, 1.165) is 12.8 Å². The van der Waals surface area contributed by atoms with Crippen molar-refractivity contribution < 1.29 is 28.8 Å². The fourth-order valence-corrected chi connectivity index (χ4v) is 6.74. The van der Waals surface area contributed by atoms with Crippen molar-refractivity contribution in [2.75, 3.05) is 6.54 Å². The molecule has 12 heteroatoms. The first-order valence-electron chi connectivity index (χ1n) is 15.7. The second kappa shape index (κ2) is 12.7. The van der Waals surface area contributed by atoms with Gasteiger partial charge < -0.3 is 26.6 Å². The number of hydrogen-bond donors (Lipinski definition) is 4. The molecule has 0 spiro atoms. The predicted octanol–water partition coefficient (Wildman–Crippen LogP) is 3.08. The third-order valence-electron chi connectivity index (χ3n) is 9.65. The number of rotatable bonds is 12. The zero-order valence-corrected chi connectivity index (χ0v) is 27.9. The van der Waals surface area contributed by atoms with Crippen LogP contribution < -0.4 is 21.7 Å². The van der Waals surface area contributed by atoms with Gasteiger partial charge in [0.15, 0.2) is 5.78 Å². The number of ketones is 2. The van der Waals surface area contributed by atoms with Gasteiger partial charge in [-0.1, -0.05) is 72.9 Å². The summed E-state index contributed by atoms with van der Waals surface area (Å²) in [5, 5.41) is 8.78. The SMILES string of the molecule is CC(C)[C@H](NC(=O)N[C@H](C(=O)N1CC2[C@@H]([C@H]1C(=O)NC(CC1CC1)C(=O)C(N)=O)C2(C)C)C(C)(C)C)C(=O)c1ccc(Cl)cc1. The van der Waals surface area contributed by atoms with E-state index >= 15 is 0 Å². The van der Waals surface area contributed by atoms with Gasteiger partial charge in [0, 0.05) is 17.1 Å². The molecule has 2 unspecified atom stereocenters. The molecule has 2 saturated carbocycles. The van der Waals surface area contributed by atoms with Crippen molar-refractivity contribution in [3.8, 4) is 0 Å². The Labute approximate surface area is 269 Å². The molecule has 2 aliphatic carbocycles. The van der Waals surface area contributed by atoms with Gasteiger partial charge in [0.05, 0.1) is 12.1 Å². The number of nitrogens with zero attached hydrogens (tertiary/aromatic N) is 1. The van der Waals surface area contributed by atoms with E-state index in [1.807, 2.05) is 48.5 Å². The number of likely N-dealkylation sites (tertiary alicyclic amines) is 1. The largest absolute Gasteiger partial charge is 0.363 e. The Hall–Kier alpha value is -3.47. The third kappa shape index (κ3) is 7.51. The summed E-state index contributed by atoms with van der Waals surface area (Å²) in [4.78, 5) is 80.5. The van der Waals surface area contributed by atoms with Crippen LogP contribution in [-0.2, 0) is 19.2 Å². The molecule has 4 rings (SSSR count). The highest BCUT2D eigenvalue weighted by Gasteiger charge is 2.70. The molecule has 5 N–H and O–H groups in total. The molecule has 11 nitrogen and oxygen atoms in total. The molecule has 1 aromatic rings. The van der Waals surface area contributed by atoms with Gasteiger partial charge in [0.25, 0.3) is 5.91 Å². The molecule has 0 bridgehead atoms. The average Bonchev–Trinajstić information content (AvgIpc) is 3.80. The van der Waals surface area contributed by atoms with Crippen molar-refractivity contribution in [3.63, 3.8) is 0 Å². The average molecular weight is 644 g/mol. The Balaban J connectivity index is 1.53. The molecular weight excluding hydrogens is 598 g/mol. The van der Waals surface area contributed by atoms with Crippen molar-refractivity contribution in [1.29, 1.82) is 0 Å². The quantitative estimate of drug-likeness (QED) is 0.202. The number of benzene rings is 1. The number of nitrogens with two attached hydrogens (primary N) is 1. The lowest BCUT2D eigenvalue weighted by Crippen LogP contribution is -2.62. The maximum Gasteiger partial charge on any atom is 0.316 e. The van der Waals surface area contributed by atoms with Gasteiger partial charge in [-0.3, -0.25) is 24.0 Å². The second-order valence-corrected chi connectivity index (χ2v) is 15.3. The van der Waals surface area contributed by atoms with E-state index in [2.05, 4.69) is 16.0 Å². The number of amides is 5. The molecule has 0 aromatic heterocycles. The van der Waals surface area contributed by atoms with Crippen LogP contribution in [0.1, 0.15) is 78.1 Å². The molecule has 1 saturated heterocycles. The first-order chi connectivity index (χ1) is 20.8. The highest BCUT2D eigenvalue weighted by molar-refractivity contribution is 6.37. The van der Waals surface area contributed by atoms with Crippen molar-refractivity contribution >= 4 is 46.9 Å². The molecular formula is C33H46ClN5O6. The number of urea groups is 1. The third-order valence-corrected chi connectivity index (χ3v) is 9.91. The van der Waals surface area contributed by atoms with Crippen LogP contribution in [-0.4, -0.2) is 70.9 Å². The van der Waals surface area contributed by atoms with E-state index in [9.17, 15) is 28.8 Å². The van der Waals surface area contributed by atoms with Crippen LogP contribution in [0.25, 0.3) is 0 Å². The van der Waals surface area contributed by atoms with Crippen molar-refractivity contribution in [2.24, 2.45) is 40.2 Å². The van der Waals surface area contributed by atoms with Crippen molar-refractivity contribution in [1.82, 2.24) is 20.9 Å². The van der Waals surface area contributed by atoms with Crippen molar-refractivity contribution in [2.45, 2.75) is 91.9 Å². The maximum atomic E-state index is 14.2. The minimum absolute atomic E-state index is 0.0580. The number of piperidine rings is 1. The summed E-state index contributed by atoms with van der Waals surface area (Å²) in [7, 11) is 0. The molecule has 0 radical (unpaired) electrons. The Morgan fingerprint density at radius 2 is 1.60 bits per heavy atom. The Bertz CT molecular complexity index is 1370. The van der Waals surface area contributed by atoms with Gasteiger partial charge in [0.2, 0.25) is 17.6 Å². The lowest BCUT2D eigenvalue weighted by molar-refractivity contribution is -0.145. The lowest BCUT2D eigenvalue weighted by atomic mass is 9.85. The Morgan fingerprint density at radius 1 is 1.00 bits per heavy atom. The summed E-state index contributed by atoms with van der Waals surface area (Å²) in [6.45, 7) is 13.4. The lowest BCUT2D eigenvalue weighted by Gasteiger charge is -2.38. The number of carbonyl (C=O) groups is 6. The summed E-state index contributed by atoms with van der Waals surface area (Å²) in [5.41, 5.74) is 4.71. The number of fused-ring (bicyclic) bond motifs is 1. The van der Waals surface area contributed by atoms with E-state index < -0.39 is 59.1 Å². The molecule has 6 atom stereocenters. The summed E-state index contributed by atoms with van der Waals surface area (Å²) in [6.07, 6.45) is 2.14. The highest BCUT2D eigenvalue weighted by Crippen LogP contribution is 2.65. The summed E-state index contributed by atoms with van der Waals surface area (Å²) >= 11 is 5.97. The van der Waals surface area contributed by atoms with Gasteiger partial charge in [-0.15, -0.1) is 0 Å². The van der Waals surface area contributed by atoms with Crippen LogP contribution in [0, 0.1) is 34.5 Å². The van der Waals surface area contributed by atoms with Gasteiger partial charge in [-0.25, -0.2) is 4.79 Å². The zero-order chi connectivity index (χ0) is 33.6. The number of carbonyl (C=O) groups excluding carboxylic acids is 6. The molecule has 1 aromatic carbocycles. The molecule has 1 aliphatic heterocycles. The van der Waals surface area contributed by atoms with Gasteiger partial charge in [-0.2, -0.15) is 0 Å². The standard InChI is InChI=1S/C33H46ClN5O6/c1-16(2)23(25(40)18-10-12-19(34)13-11-18)37-31(45)38-27(32(3,4)5)30(44)39-15-20-22(33(20,6)7)24(39)29(43)36-21(14-17-8-9-17)26(41)28(35)42/h10-13,16-17,20-24,27H,8-9,14-15H2,1-7H3,(H2,35,42)(H,36,43)(H2,37,38,45)/t20?,21?,22-,23-,24-,27+/m0/s1. The van der Waals surface area contributed by atoms with E-state index in [4.69, 9.17) is 17.3 Å². The number of nitrogens with one attached hydrogen (secondary N) is 3. The zero-order valence-electron chi connectivity index (χ0n) is 27.1. The van der Waals surface area contributed by atoms with E-state index in [1.165, 1.54) is 4.90 Å². The van der Waals surface area contributed by atoms with Crippen LogP contribution in [0.5, 0.6) is 0 Å². The smallest absolute Gasteiger partial charge is 0.316 e. The molecule has 5 amide bonds. The number of hydrogen-bond acceptors (Lipinski definition) is 6. The van der Waals surface area contributed by atoms with Gasteiger partial charge in [0.1, 0.15) is 12.1 Å². The molecule has 45 heavy (non-hydrogen) atoms. The number of Topliss-reactive ketones (excluding diaryl/α,β-unsaturated/α-hetero) is 2. The fourth-order valence-electron chi connectivity index (χ4n) is 6.62. The van der Waals surface area contributed by atoms with Gasteiger partial charge in [-0.05, 0) is 65.2 Å².